The number of likely N-dealkylation sites (tertiary alicyclic amines) is 1. The molecule has 1 aliphatic rings. The van der Waals surface area contributed by atoms with E-state index in [1.54, 1.807) is 0 Å². The summed E-state index contributed by atoms with van der Waals surface area (Å²) in [5.74, 6) is -0.452. The molecule has 0 aliphatic carbocycles. The third-order valence-electron chi connectivity index (χ3n) is 3.66. The topological polar surface area (TPSA) is 32.3 Å². The normalized spacial score (nSPS) is 19.7. The molecule has 0 saturated carbocycles. The van der Waals surface area contributed by atoms with Gasteiger partial charge in [-0.05, 0) is 31.0 Å². The molecule has 21 heavy (non-hydrogen) atoms. The molecule has 1 N–H and O–H groups in total. The second-order valence-corrected chi connectivity index (χ2v) is 6.16. The zero-order valence-corrected chi connectivity index (χ0v) is 13.3. The predicted molar refractivity (Wildman–Crippen MR) is 81.2 cm³/mol. The minimum Gasteiger partial charge on any atom is -0.350 e. The summed E-state index contributed by atoms with van der Waals surface area (Å²) < 4.78 is 25.3. The van der Waals surface area contributed by atoms with Crippen LogP contribution in [-0.2, 0) is 11.3 Å². The van der Waals surface area contributed by atoms with Crippen LogP contribution in [0.5, 0.6) is 0 Å². The number of hydrogen-bond donors (Lipinski definition) is 1. The third-order valence-corrected chi connectivity index (χ3v) is 4.43. The van der Waals surface area contributed by atoms with E-state index < -0.39 is 13.0 Å². The molecule has 1 unspecified atom stereocenters. The molecule has 0 aromatic heterocycles. The van der Waals surface area contributed by atoms with Crippen molar-refractivity contribution in [2.45, 2.75) is 25.8 Å². The number of halogens is 3. The quantitative estimate of drug-likeness (QED) is 0.875. The summed E-state index contributed by atoms with van der Waals surface area (Å²) in [5, 5.41) is 2.32. The lowest BCUT2D eigenvalue weighted by atomic mass is 9.96. The zero-order valence-electron chi connectivity index (χ0n) is 11.7. The highest BCUT2D eigenvalue weighted by Crippen LogP contribution is 2.22. The lowest BCUT2D eigenvalue weighted by Crippen LogP contribution is -2.43. The van der Waals surface area contributed by atoms with E-state index in [0.717, 1.165) is 30.4 Å². The van der Waals surface area contributed by atoms with E-state index in [-0.39, 0.29) is 11.8 Å². The maximum atomic E-state index is 12.1. The van der Waals surface area contributed by atoms with Gasteiger partial charge in [-0.3, -0.25) is 9.69 Å². The van der Waals surface area contributed by atoms with E-state index in [0.29, 0.717) is 6.54 Å². The summed E-state index contributed by atoms with van der Waals surface area (Å²) in [5.41, 5.74) is 1.17. The molecule has 0 radical (unpaired) electrons. The van der Waals surface area contributed by atoms with Crippen molar-refractivity contribution in [3.63, 3.8) is 0 Å². The van der Waals surface area contributed by atoms with Crippen LogP contribution in [0.3, 0.4) is 0 Å². The monoisotopic (exact) mass is 360 g/mol. The van der Waals surface area contributed by atoms with Crippen molar-refractivity contribution in [3.05, 3.63) is 34.3 Å². The lowest BCUT2D eigenvalue weighted by molar-refractivity contribution is -0.127. The number of carbonyl (C=O) groups is 1. The van der Waals surface area contributed by atoms with Crippen molar-refractivity contribution in [2.24, 2.45) is 5.92 Å². The molecule has 0 bridgehead atoms. The average Bonchev–Trinajstić information content (AvgIpc) is 2.47. The number of benzene rings is 1. The van der Waals surface area contributed by atoms with E-state index in [9.17, 15) is 13.6 Å². The molecular weight excluding hydrogens is 342 g/mol. The van der Waals surface area contributed by atoms with Gasteiger partial charge in [0.25, 0.3) is 6.43 Å². The fourth-order valence-corrected chi connectivity index (χ4v) is 3.01. The fraction of sp³-hybridized carbons (Fsp3) is 0.533. The summed E-state index contributed by atoms with van der Waals surface area (Å²) in [6.07, 6.45) is -0.812. The van der Waals surface area contributed by atoms with Crippen LogP contribution in [0.2, 0.25) is 0 Å². The Labute approximate surface area is 131 Å². The second-order valence-electron chi connectivity index (χ2n) is 5.30. The van der Waals surface area contributed by atoms with Crippen LogP contribution in [0, 0.1) is 5.92 Å². The Morgan fingerprint density at radius 3 is 2.90 bits per heavy atom. The maximum Gasteiger partial charge on any atom is 0.255 e. The number of alkyl halides is 2. The van der Waals surface area contributed by atoms with E-state index in [2.05, 4.69) is 26.1 Å². The molecule has 1 fully saturated rings. The summed E-state index contributed by atoms with van der Waals surface area (Å²) >= 11 is 3.52. The van der Waals surface area contributed by atoms with Crippen LogP contribution in [0.25, 0.3) is 0 Å². The van der Waals surface area contributed by atoms with E-state index in [4.69, 9.17) is 0 Å². The van der Waals surface area contributed by atoms with Gasteiger partial charge in [-0.25, -0.2) is 8.78 Å². The number of nitrogens with one attached hydrogen (secondary N) is 1. The number of piperidine rings is 1. The van der Waals surface area contributed by atoms with Gasteiger partial charge in [-0.15, -0.1) is 0 Å². The van der Waals surface area contributed by atoms with Crippen molar-refractivity contribution in [1.82, 2.24) is 10.2 Å². The summed E-state index contributed by atoms with van der Waals surface area (Å²) in [6.45, 7) is 1.76. The Morgan fingerprint density at radius 1 is 1.43 bits per heavy atom. The molecule has 1 saturated heterocycles. The largest absolute Gasteiger partial charge is 0.350 e. The van der Waals surface area contributed by atoms with Gasteiger partial charge in [0.05, 0.1) is 12.5 Å². The Balaban J connectivity index is 1.89. The van der Waals surface area contributed by atoms with E-state index >= 15 is 0 Å². The van der Waals surface area contributed by atoms with Crippen LogP contribution in [0.15, 0.2) is 28.7 Å². The Hall–Kier alpha value is -1.01. The summed E-state index contributed by atoms with van der Waals surface area (Å²) in [7, 11) is 0. The highest BCUT2D eigenvalue weighted by Gasteiger charge is 2.26. The molecule has 0 spiro atoms. The van der Waals surface area contributed by atoms with Crippen LogP contribution in [-0.4, -0.2) is 36.9 Å². The molecule has 2 rings (SSSR count). The molecule has 1 amide bonds. The average molecular weight is 361 g/mol. The molecule has 1 aromatic carbocycles. The van der Waals surface area contributed by atoms with Gasteiger partial charge in [0.1, 0.15) is 0 Å². The third kappa shape index (κ3) is 5.04. The number of rotatable bonds is 5. The molecule has 1 heterocycles. The van der Waals surface area contributed by atoms with Gasteiger partial charge in [-0.2, -0.15) is 0 Å². The molecule has 3 nitrogen and oxygen atoms in total. The molecule has 1 aromatic rings. The predicted octanol–water partition coefficient (Wildman–Crippen LogP) is 3.04. The van der Waals surface area contributed by atoms with E-state index in [1.807, 2.05) is 24.3 Å². The Morgan fingerprint density at radius 2 is 2.19 bits per heavy atom. The highest BCUT2D eigenvalue weighted by atomic mass is 79.9. The molecular formula is C15H19BrF2N2O. The van der Waals surface area contributed by atoms with Crippen molar-refractivity contribution in [3.8, 4) is 0 Å². The van der Waals surface area contributed by atoms with Crippen LogP contribution < -0.4 is 5.32 Å². The van der Waals surface area contributed by atoms with Crippen LogP contribution >= 0.6 is 15.9 Å². The van der Waals surface area contributed by atoms with Crippen LogP contribution in [0.1, 0.15) is 18.4 Å². The molecule has 6 heteroatoms. The first-order valence-electron chi connectivity index (χ1n) is 7.08. The number of carbonyl (C=O) groups excluding carboxylic acids is 1. The zero-order chi connectivity index (χ0) is 15.2. The van der Waals surface area contributed by atoms with Gasteiger partial charge in [0, 0.05) is 17.6 Å². The minimum absolute atomic E-state index is 0.194. The first kappa shape index (κ1) is 16.4. The van der Waals surface area contributed by atoms with Gasteiger partial charge >= 0.3 is 0 Å². The number of hydrogen-bond acceptors (Lipinski definition) is 2. The Kier molecular flexibility index (Phi) is 6.11. The minimum atomic E-state index is -2.49. The van der Waals surface area contributed by atoms with Crippen molar-refractivity contribution in [2.75, 3.05) is 19.6 Å². The highest BCUT2D eigenvalue weighted by molar-refractivity contribution is 9.10. The lowest BCUT2D eigenvalue weighted by Gasteiger charge is -2.32. The summed E-state index contributed by atoms with van der Waals surface area (Å²) in [6, 6.07) is 7.98. The first-order valence-corrected chi connectivity index (χ1v) is 7.87. The molecule has 116 valence electrons. The van der Waals surface area contributed by atoms with Crippen molar-refractivity contribution < 1.29 is 13.6 Å². The van der Waals surface area contributed by atoms with Gasteiger partial charge in [-0.1, -0.05) is 34.1 Å². The maximum absolute atomic E-state index is 12.1. The van der Waals surface area contributed by atoms with Gasteiger partial charge in [0.2, 0.25) is 5.91 Å². The number of amides is 1. The standard InChI is InChI=1S/C15H19BrF2N2O/c16-13-6-2-1-4-11(13)9-20-7-3-5-12(10-20)15(21)19-8-14(17)18/h1-2,4,6,12,14H,3,5,7-10H2,(H,19,21). The van der Waals surface area contributed by atoms with E-state index in [1.165, 1.54) is 5.56 Å². The molecule has 1 atom stereocenters. The van der Waals surface area contributed by atoms with Crippen molar-refractivity contribution in [1.29, 1.82) is 0 Å². The Bertz CT molecular complexity index is 484. The van der Waals surface area contributed by atoms with Gasteiger partial charge < -0.3 is 5.32 Å². The SMILES string of the molecule is O=C(NCC(F)F)C1CCCN(Cc2ccccc2Br)C1. The smallest absolute Gasteiger partial charge is 0.255 e. The van der Waals surface area contributed by atoms with Crippen molar-refractivity contribution >= 4 is 21.8 Å². The fourth-order valence-electron chi connectivity index (χ4n) is 2.60. The number of nitrogens with zero attached hydrogens (tertiary/aromatic N) is 1. The second kappa shape index (κ2) is 7.84. The molecule has 1 aliphatic heterocycles. The van der Waals surface area contributed by atoms with Crippen LogP contribution in [0.4, 0.5) is 8.78 Å². The summed E-state index contributed by atoms with van der Waals surface area (Å²) in [4.78, 5) is 14.1. The first-order chi connectivity index (χ1) is 10.1. The van der Waals surface area contributed by atoms with Gasteiger partial charge in [0.15, 0.2) is 0 Å².